The topological polar surface area (TPSA) is 29.1 Å². The van der Waals surface area contributed by atoms with Crippen molar-refractivity contribution in [1.82, 2.24) is 5.32 Å². The fourth-order valence-electron chi connectivity index (χ4n) is 1.72. The Kier molecular flexibility index (Phi) is 3.87. The van der Waals surface area contributed by atoms with E-state index in [9.17, 15) is 4.79 Å². The minimum absolute atomic E-state index is 0.0462. The number of carbonyl (C=O) groups is 1. The molecule has 4 heteroatoms. The van der Waals surface area contributed by atoms with Gasteiger partial charge in [0.1, 0.15) is 0 Å². The minimum Gasteiger partial charge on any atom is -0.352 e. The number of hydrogen-bond acceptors (Lipinski definition) is 1. The van der Waals surface area contributed by atoms with Crippen LogP contribution in [0.4, 0.5) is 0 Å². The highest BCUT2D eigenvalue weighted by Gasteiger charge is 2.18. The average Bonchev–Trinajstić information content (AvgIpc) is 2.13. The Morgan fingerprint density at radius 1 is 1.44 bits per heavy atom. The fraction of sp³-hybridized carbons (Fsp3) is 0.417. The zero-order valence-electron chi connectivity index (χ0n) is 8.80. The van der Waals surface area contributed by atoms with Crippen molar-refractivity contribution in [3.8, 4) is 0 Å². The summed E-state index contributed by atoms with van der Waals surface area (Å²) in [6.45, 7) is 0.781. The van der Waals surface area contributed by atoms with Gasteiger partial charge in [0, 0.05) is 21.6 Å². The Hall–Kier alpha value is -0.540. The lowest BCUT2D eigenvalue weighted by Crippen LogP contribution is -2.32. The van der Waals surface area contributed by atoms with Crippen LogP contribution in [0.2, 0.25) is 5.02 Å². The third-order valence-electron chi connectivity index (χ3n) is 2.90. The van der Waals surface area contributed by atoms with Gasteiger partial charge in [0.05, 0.1) is 0 Å². The van der Waals surface area contributed by atoms with Crippen molar-refractivity contribution in [1.29, 1.82) is 0 Å². The maximum atomic E-state index is 11.8. The number of carbonyl (C=O) groups excluding carboxylic acids is 1. The molecule has 0 saturated heterocycles. The number of rotatable bonds is 3. The van der Waals surface area contributed by atoms with Crippen molar-refractivity contribution in [2.45, 2.75) is 19.3 Å². The first-order valence-electron chi connectivity index (χ1n) is 5.39. The molecule has 1 fully saturated rings. The molecule has 0 atom stereocenters. The molecule has 0 aliphatic heterocycles. The van der Waals surface area contributed by atoms with E-state index in [1.807, 2.05) is 0 Å². The van der Waals surface area contributed by atoms with Crippen molar-refractivity contribution in [2.75, 3.05) is 6.54 Å². The summed E-state index contributed by atoms with van der Waals surface area (Å²) in [5.41, 5.74) is 0.610. The van der Waals surface area contributed by atoms with Crippen LogP contribution in [0.25, 0.3) is 0 Å². The van der Waals surface area contributed by atoms with E-state index in [-0.39, 0.29) is 5.91 Å². The van der Waals surface area contributed by atoms with Gasteiger partial charge in [-0.25, -0.2) is 0 Å². The third kappa shape index (κ3) is 2.98. The van der Waals surface area contributed by atoms with Crippen LogP contribution in [0, 0.1) is 5.92 Å². The van der Waals surface area contributed by atoms with Crippen molar-refractivity contribution in [3.05, 3.63) is 33.3 Å². The molecule has 1 aliphatic carbocycles. The molecule has 1 saturated carbocycles. The maximum absolute atomic E-state index is 11.8. The molecule has 1 aromatic carbocycles. The second-order valence-corrected chi connectivity index (χ2v) is 5.52. The first-order chi connectivity index (χ1) is 7.65. The molecule has 0 spiro atoms. The summed E-state index contributed by atoms with van der Waals surface area (Å²) in [4.78, 5) is 11.8. The third-order valence-corrected chi connectivity index (χ3v) is 3.58. The van der Waals surface area contributed by atoms with Crippen LogP contribution in [-0.4, -0.2) is 12.5 Å². The van der Waals surface area contributed by atoms with Crippen LogP contribution in [0.1, 0.15) is 29.6 Å². The van der Waals surface area contributed by atoms with Crippen LogP contribution in [0.3, 0.4) is 0 Å². The van der Waals surface area contributed by atoms with Gasteiger partial charge in [-0.05, 0) is 37.0 Å². The van der Waals surface area contributed by atoms with E-state index in [1.54, 1.807) is 18.2 Å². The molecule has 0 aromatic heterocycles. The zero-order valence-corrected chi connectivity index (χ0v) is 11.1. The summed E-state index contributed by atoms with van der Waals surface area (Å²) in [5, 5.41) is 3.51. The summed E-state index contributed by atoms with van der Waals surface area (Å²) in [7, 11) is 0. The van der Waals surface area contributed by atoms with Gasteiger partial charge in [0.15, 0.2) is 0 Å². The molecule has 16 heavy (non-hydrogen) atoms. The van der Waals surface area contributed by atoms with Crippen LogP contribution in [0.15, 0.2) is 22.7 Å². The monoisotopic (exact) mass is 301 g/mol. The fourth-order valence-corrected chi connectivity index (χ4v) is 2.58. The predicted octanol–water partition coefficient (Wildman–Crippen LogP) is 3.63. The van der Waals surface area contributed by atoms with Crippen LogP contribution >= 0.6 is 27.5 Å². The van der Waals surface area contributed by atoms with E-state index < -0.39 is 0 Å². The van der Waals surface area contributed by atoms with Gasteiger partial charge in [0.2, 0.25) is 0 Å². The highest BCUT2D eigenvalue weighted by Crippen LogP contribution is 2.25. The standard InChI is InChI=1S/C12H13BrClNO/c13-10-4-9(5-11(14)6-10)12(16)15-7-8-2-1-3-8/h4-6,8H,1-3,7H2,(H,15,16). The smallest absolute Gasteiger partial charge is 0.251 e. The van der Waals surface area contributed by atoms with Crippen molar-refractivity contribution < 1.29 is 4.79 Å². The highest BCUT2D eigenvalue weighted by molar-refractivity contribution is 9.10. The number of nitrogens with one attached hydrogen (secondary N) is 1. The molecule has 0 radical (unpaired) electrons. The van der Waals surface area contributed by atoms with Crippen molar-refractivity contribution >= 4 is 33.4 Å². The number of hydrogen-bond donors (Lipinski definition) is 1. The Bertz CT molecular complexity index is 384. The number of amides is 1. The molecule has 2 rings (SSSR count). The van der Waals surface area contributed by atoms with Gasteiger partial charge >= 0.3 is 0 Å². The van der Waals surface area contributed by atoms with E-state index in [0.717, 1.165) is 11.0 Å². The van der Waals surface area contributed by atoms with Gasteiger partial charge in [-0.3, -0.25) is 4.79 Å². The first kappa shape index (κ1) is 11.9. The van der Waals surface area contributed by atoms with Crippen molar-refractivity contribution in [2.24, 2.45) is 5.92 Å². The van der Waals surface area contributed by atoms with Gasteiger partial charge in [-0.2, -0.15) is 0 Å². The molecule has 0 unspecified atom stereocenters. The van der Waals surface area contributed by atoms with E-state index in [0.29, 0.717) is 16.5 Å². The second-order valence-electron chi connectivity index (χ2n) is 4.17. The maximum Gasteiger partial charge on any atom is 0.251 e. The van der Waals surface area contributed by atoms with E-state index in [2.05, 4.69) is 21.2 Å². The number of halogens is 2. The van der Waals surface area contributed by atoms with Gasteiger partial charge < -0.3 is 5.32 Å². The van der Waals surface area contributed by atoms with Crippen LogP contribution < -0.4 is 5.32 Å². The molecule has 1 aliphatic rings. The van der Waals surface area contributed by atoms with Crippen LogP contribution in [-0.2, 0) is 0 Å². The first-order valence-corrected chi connectivity index (χ1v) is 6.56. The predicted molar refractivity (Wildman–Crippen MR) is 68.8 cm³/mol. The van der Waals surface area contributed by atoms with Gasteiger partial charge in [-0.1, -0.05) is 34.0 Å². The van der Waals surface area contributed by atoms with E-state index >= 15 is 0 Å². The van der Waals surface area contributed by atoms with Gasteiger partial charge in [-0.15, -0.1) is 0 Å². The van der Waals surface area contributed by atoms with E-state index in [4.69, 9.17) is 11.6 Å². The molecular formula is C12H13BrClNO. The Balaban J connectivity index is 1.96. The molecule has 86 valence electrons. The Morgan fingerprint density at radius 3 is 2.75 bits per heavy atom. The average molecular weight is 303 g/mol. The molecular weight excluding hydrogens is 289 g/mol. The van der Waals surface area contributed by atoms with Crippen molar-refractivity contribution in [3.63, 3.8) is 0 Å². The quantitative estimate of drug-likeness (QED) is 0.907. The van der Waals surface area contributed by atoms with Gasteiger partial charge in [0.25, 0.3) is 5.91 Å². The minimum atomic E-state index is -0.0462. The zero-order chi connectivity index (χ0) is 11.5. The lowest BCUT2D eigenvalue weighted by Gasteiger charge is -2.25. The summed E-state index contributed by atoms with van der Waals surface area (Å²) in [6, 6.07) is 5.23. The molecule has 2 nitrogen and oxygen atoms in total. The largest absolute Gasteiger partial charge is 0.352 e. The SMILES string of the molecule is O=C(NCC1CCC1)c1cc(Cl)cc(Br)c1. The Morgan fingerprint density at radius 2 is 2.19 bits per heavy atom. The summed E-state index contributed by atoms with van der Waals surface area (Å²) in [6.07, 6.45) is 3.77. The van der Waals surface area contributed by atoms with Crippen LogP contribution in [0.5, 0.6) is 0 Å². The highest BCUT2D eigenvalue weighted by atomic mass is 79.9. The Labute approximate surface area is 108 Å². The van der Waals surface area contributed by atoms with E-state index in [1.165, 1.54) is 19.3 Å². The molecule has 0 heterocycles. The summed E-state index contributed by atoms with van der Waals surface area (Å²) < 4.78 is 0.828. The molecule has 1 N–H and O–H groups in total. The summed E-state index contributed by atoms with van der Waals surface area (Å²) in [5.74, 6) is 0.627. The molecule has 0 bridgehead atoms. The number of benzene rings is 1. The molecule has 1 aromatic rings. The second kappa shape index (κ2) is 5.19. The normalized spacial score (nSPS) is 15.6. The lowest BCUT2D eigenvalue weighted by molar-refractivity contribution is 0.0939. The molecule has 1 amide bonds. The summed E-state index contributed by atoms with van der Waals surface area (Å²) >= 11 is 9.21. The lowest BCUT2D eigenvalue weighted by atomic mass is 9.85.